The second-order valence-electron chi connectivity index (χ2n) is 3.88. The minimum atomic E-state index is -0.180. The van der Waals surface area contributed by atoms with Gasteiger partial charge in [-0.25, -0.2) is 4.39 Å². The molecule has 2 rings (SSSR count). The van der Waals surface area contributed by atoms with Crippen LogP contribution in [0.3, 0.4) is 0 Å². The van der Waals surface area contributed by atoms with Gasteiger partial charge in [-0.1, -0.05) is 34.1 Å². The van der Waals surface area contributed by atoms with Gasteiger partial charge in [0.05, 0.1) is 0 Å². The van der Waals surface area contributed by atoms with Crippen molar-refractivity contribution in [3.8, 4) is 0 Å². The van der Waals surface area contributed by atoms with Crippen molar-refractivity contribution in [2.45, 2.75) is 17.2 Å². The summed E-state index contributed by atoms with van der Waals surface area (Å²) in [5.74, 6) is 0.438. The SMILES string of the molecule is NCc1ccc(CSc2cccc(Br)c2)c(F)c1. The zero-order valence-corrected chi connectivity index (χ0v) is 12.1. The average molecular weight is 326 g/mol. The standard InChI is InChI=1S/C14H13BrFNS/c15-12-2-1-3-13(7-12)18-9-11-5-4-10(8-17)6-14(11)16/h1-7H,8-9,17H2. The Morgan fingerprint density at radius 3 is 2.67 bits per heavy atom. The minimum Gasteiger partial charge on any atom is -0.326 e. The van der Waals surface area contributed by atoms with Crippen LogP contribution in [0.1, 0.15) is 11.1 Å². The summed E-state index contributed by atoms with van der Waals surface area (Å²) in [7, 11) is 0. The van der Waals surface area contributed by atoms with Gasteiger partial charge in [0.1, 0.15) is 5.82 Å². The van der Waals surface area contributed by atoms with E-state index < -0.39 is 0 Å². The first-order chi connectivity index (χ1) is 8.69. The third-order valence-corrected chi connectivity index (χ3v) is 4.08. The van der Waals surface area contributed by atoms with Gasteiger partial charge in [-0.15, -0.1) is 11.8 Å². The van der Waals surface area contributed by atoms with Gasteiger partial charge in [0.15, 0.2) is 0 Å². The zero-order chi connectivity index (χ0) is 13.0. The van der Waals surface area contributed by atoms with Crippen molar-refractivity contribution in [1.29, 1.82) is 0 Å². The minimum absolute atomic E-state index is 0.180. The van der Waals surface area contributed by atoms with E-state index in [1.807, 2.05) is 36.4 Å². The quantitative estimate of drug-likeness (QED) is 0.846. The molecule has 0 bridgehead atoms. The Morgan fingerprint density at radius 1 is 1.17 bits per heavy atom. The molecule has 0 aliphatic heterocycles. The zero-order valence-electron chi connectivity index (χ0n) is 9.70. The van der Waals surface area contributed by atoms with Crippen molar-refractivity contribution in [3.05, 3.63) is 63.9 Å². The Balaban J connectivity index is 2.06. The molecule has 94 valence electrons. The van der Waals surface area contributed by atoms with Crippen molar-refractivity contribution in [3.63, 3.8) is 0 Å². The predicted molar refractivity (Wildman–Crippen MR) is 78.0 cm³/mol. The summed E-state index contributed by atoms with van der Waals surface area (Å²) in [6.07, 6.45) is 0. The molecule has 0 fully saturated rings. The first-order valence-electron chi connectivity index (χ1n) is 5.55. The van der Waals surface area contributed by atoms with Crippen LogP contribution in [0.5, 0.6) is 0 Å². The molecule has 2 aromatic carbocycles. The lowest BCUT2D eigenvalue weighted by Gasteiger charge is -2.05. The van der Waals surface area contributed by atoms with Gasteiger partial charge in [-0.05, 0) is 35.4 Å². The average Bonchev–Trinajstić information content (AvgIpc) is 2.37. The molecule has 18 heavy (non-hydrogen) atoms. The lowest BCUT2D eigenvalue weighted by atomic mass is 10.1. The molecule has 0 spiro atoms. The molecule has 0 amide bonds. The third kappa shape index (κ3) is 3.57. The van der Waals surface area contributed by atoms with E-state index in [2.05, 4.69) is 15.9 Å². The fraction of sp³-hybridized carbons (Fsp3) is 0.143. The molecule has 0 radical (unpaired) electrons. The molecule has 0 saturated heterocycles. The number of thioether (sulfide) groups is 1. The number of hydrogen-bond acceptors (Lipinski definition) is 2. The molecule has 2 aromatic rings. The highest BCUT2D eigenvalue weighted by Gasteiger charge is 2.04. The van der Waals surface area contributed by atoms with E-state index >= 15 is 0 Å². The molecule has 0 heterocycles. The molecule has 0 unspecified atom stereocenters. The summed E-state index contributed by atoms with van der Waals surface area (Å²) >= 11 is 5.03. The largest absolute Gasteiger partial charge is 0.326 e. The van der Waals surface area contributed by atoms with Gasteiger partial charge in [-0.3, -0.25) is 0 Å². The summed E-state index contributed by atoms with van der Waals surface area (Å²) in [5.41, 5.74) is 7.00. The van der Waals surface area contributed by atoms with Gasteiger partial charge in [0.2, 0.25) is 0 Å². The number of rotatable bonds is 4. The van der Waals surface area contributed by atoms with Gasteiger partial charge in [0.25, 0.3) is 0 Å². The Kier molecular flexibility index (Phi) is 4.80. The lowest BCUT2D eigenvalue weighted by Crippen LogP contribution is -1.98. The van der Waals surface area contributed by atoms with Crippen molar-refractivity contribution in [2.24, 2.45) is 5.73 Å². The molecule has 0 saturated carbocycles. The summed E-state index contributed by atoms with van der Waals surface area (Å²) in [5, 5.41) is 0. The monoisotopic (exact) mass is 325 g/mol. The van der Waals surface area contributed by atoms with E-state index in [0.717, 1.165) is 14.9 Å². The fourth-order valence-corrected chi connectivity index (χ4v) is 3.04. The molecule has 2 N–H and O–H groups in total. The van der Waals surface area contributed by atoms with E-state index in [1.165, 1.54) is 6.07 Å². The van der Waals surface area contributed by atoms with Crippen LogP contribution in [0.25, 0.3) is 0 Å². The Hall–Kier alpha value is -0.840. The maximum absolute atomic E-state index is 13.7. The summed E-state index contributed by atoms with van der Waals surface area (Å²) in [4.78, 5) is 1.12. The Labute approximate surface area is 119 Å². The van der Waals surface area contributed by atoms with Crippen LogP contribution in [-0.2, 0) is 12.3 Å². The highest BCUT2D eigenvalue weighted by atomic mass is 79.9. The molecular weight excluding hydrogens is 313 g/mol. The molecule has 4 heteroatoms. The molecule has 0 atom stereocenters. The number of nitrogens with two attached hydrogens (primary N) is 1. The van der Waals surface area contributed by atoms with Crippen LogP contribution in [0, 0.1) is 5.82 Å². The van der Waals surface area contributed by atoms with Crippen LogP contribution < -0.4 is 5.73 Å². The summed E-state index contributed by atoms with van der Waals surface area (Å²) in [6, 6.07) is 13.2. The van der Waals surface area contributed by atoms with Crippen LogP contribution in [-0.4, -0.2) is 0 Å². The normalized spacial score (nSPS) is 10.6. The Morgan fingerprint density at radius 2 is 2.00 bits per heavy atom. The molecule has 0 aliphatic carbocycles. The van der Waals surface area contributed by atoms with Gasteiger partial charge >= 0.3 is 0 Å². The first kappa shape index (κ1) is 13.6. The lowest BCUT2D eigenvalue weighted by molar-refractivity contribution is 0.615. The van der Waals surface area contributed by atoms with Gasteiger partial charge in [-0.2, -0.15) is 0 Å². The molecule has 1 nitrogen and oxygen atoms in total. The first-order valence-corrected chi connectivity index (χ1v) is 7.32. The Bertz CT molecular complexity index is 545. The molecule has 0 aromatic heterocycles. The number of halogens is 2. The topological polar surface area (TPSA) is 26.0 Å². The molecule has 0 aliphatic rings. The highest BCUT2D eigenvalue weighted by molar-refractivity contribution is 9.10. The van der Waals surface area contributed by atoms with E-state index in [4.69, 9.17) is 5.73 Å². The van der Waals surface area contributed by atoms with Crippen LogP contribution >= 0.6 is 27.7 Å². The van der Waals surface area contributed by atoms with Crippen molar-refractivity contribution < 1.29 is 4.39 Å². The van der Waals surface area contributed by atoms with Crippen LogP contribution in [0.2, 0.25) is 0 Å². The smallest absolute Gasteiger partial charge is 0.127 e. The maximum atomic E-state index is 13.7. The summed E-state index contributed by atoms with van der Waals surface area (Å²) < 4.78 is 14.8. The van der Waals surface area contributed by atoms with Crippen LogP contribution in [0.15, 0.2) is 51.8 Å². The maximum Gasteiger partial charge on any atom is 0.127 e. The van der Waals surface area contributed by atoms with E-state index in [9.17, 15) is 4.39 Å². The second kappa shape index (κ2) is 6.36. The fourth-order valence-electron chi connectivity index (χ4n) is 1.55. The van der Waals surface area contributed by atoms with Gasteiger partial charge < -0.3 is 5.73 Å². The number of hydrogen-bond donors (Lipinski definition) is 1. The van der Waals surface area contributed by atoms with Crippen molar-refractivity contribution in [2.75, 3.05) is 0 Å². The highest BCUT2D eigenvalue weighted by Crippen LogP contribution is 2.26. The van der Waals surface area contributed by atoms with E-state index in [-0.39, 0.29) is 5.82 Å². The van der Waals surface area contributed by atoms with Gasteiger partial charge in [0, 0.05) is 21.7 Å². The predicted octanol–water partition coefficient (Wildman–Crippen LogP) is 4.34. The van der Waals surface area contributed by atoms with Crippen LogP contribution in [0.4, 0.5) is 4.39 Å². The van der Waals surface area contributed by atoms with Crippen molar-refractivity contribution in [1.82, 2.24) is 0 Å². The third-order valence-electron chi connectivity index (χ3n) is 2.54. The van der Waals surface area contributed by atoms with Crippen molar-refractivity contribution >= 4 is 27.7 Å². The number of benzene rings is 2. The molecular formula is C14H13BrFNS. The van der Waals surface area contributed by atoms with E-state index in [1.54, 1.807) is 11.8 Å². The summed E-state index contributed by atoms with van der Waals surface area (Å²) in [6.45, 7) is 0.371. The second-order valence-corrected chi connectivity index (χ2v) is 5.84. The van der Waals surface area contributed by atoms with E-state index in [0.29, 0.717) is 17.9 Å².